The molecule has 1 N–H and O–H groups in total. The molecule has 0 saturated carbocycles. The second-order valence-electron chi connectivity index (χ2n) is 3.23. The van der Waals surface area contributed by atoms with Crippen molar-refractivity contribution in [1.82, 2.24) is 0 Å². The molecule has 0 aromatic rings. The lowest BCUT2D eigenvalue weighted by Gasteiger charge is -2.04. The molecule has 1 nitrogen and oxygen atoms in total. The van der Waals surface area contributed by atoms with Gasteiger partial charge in [-0.05, 0) is 31.9 Å². The average Bonchev–Trinajstić information content (AvgIpc) is 2.21. The molecule has 0 amide bonds. The largest absolute Gasteiger partial charge is 0.507 e. The quantitative estimate of drug-likeness (QED) is 0.508. The maximum atomic E-state index is 9.59. The third kappa shape index (κ3) is 4.70. The van der Waals surface area contributed by atoms with Gasteiger partial charge in [0.2, 0.25) is 0 Å². The third-order valence-corrected chi connectivity index (χ3v) is 1.97. The third-order valence-electron chi connectivity index (χ3n) is 1.97. The average molecular weight is 192 g/mol. The van der Waals surface area contributed by atoms with Gasteiger partial charge >= 0.3 is 0 Å². The fourth-order valence-corrected chi connectivity index (χ4v) is 0.974. The Bertz CT molecular complexity index is 267. The van der Waals surface area contributed by atoms with Gasteiger partial charge in [-0.1, -0.05) is 38.2 Å². The molecule has 0 aromatic carbocycles. The summed E-state index contributed by atoms with van der Waals surface area (Å²) in [7, 11) is 0. The molecule has 78 valence electrons. The zero-order valence-electron chi connectivity index (χ0n) is 9.38. The maximum absolute atomic E-state index is 9.59. The second-order valence-corrected chi connectivity index (χ2v) is 3.23. The van der Waals surface area contributed by atoms with Crippen LogP contribution in [0.2, 0.25) is 0 Å². The maximum Gasteiger partial charge on any atom is 0.122 e. The molecule has 0 aliphatic carbocycles. The predicted octanol–water partition coefficient (Wildman–Crippen LogP) is 4.31. The Morgan fingerprint density at radius 3 is 2.57 bits per heavy atom. The van der Waals surface area contributed by atoms with Gasteiger partial charge in [-0.2, -0.15) is 0 Å². The number of unbranched alkanes of at least 4 members (excludes halogenated alkanes) is 1. The van der Waals surface area contributed by atoms with E-state index in [2.05, 4.69) is 19.6 Å². The predicted molar refractivity (Wildman–Crippen MR) is 63.3 cm³/mol. The molecule has 0 rings (SSSR count). The van der Waals surface area contributed by atoms with E-state index in [1.165, 1.54) is 0 Å². The molecule has 0 radical (unpaired) electrons. The summed E-state index contributed by atoms with van der Waals surface area (Å²) in [6.45, 7) is 9.85. The Hall–Kier alpha value is -1.24. The Kier molecular flexibility index (Phi) is 6.55. The van der Waals surface area contributed by atoms with Crippen LogP contribution in [0.3, 0.4) is 0 Å². The van der Waals surface area contributed by atoms with Crippen molar-refractivity contribution in [2.75, 3.05) is 0 Å². The lowest BCUT2D eigenvalue weighted by Crippen LogP contribution is -1.88. The topological polar surface area (TPSA) is 20.2 Å². The van der Waals surface area contributed by atoms with Crippen molar-refractivity contribution in [1.29, 1.82) is 0 Å². The first kappa shape index (κ1) is 12.8. The molecule has 0 heterocycles. The minimum Gasteiger partial charge on any atom is -0.507 e. The van der Waals surface area contributed by atoms with E-state index < -0.39 is 0 Å². The van der Waals surface area contributed by atoms with Gasteiger partial charge in [0.25, 0.3) is 0 Å². The number of aliphatic hydroxyl groups is 1. The molecule has 0 saturated heterocycles. The molecule has 0 aliphatic heterocycles. The van der Waals surface area contributed by atoms with Gasteiger partial charge in [0.1, 0.15) is 5.76 Å². The minimum absolute atomic E-state index is 0.243. The number of rotatable bonds is 5. The van der Waals surface area contributed by atoms with Crippen molar-refractivity contribution in [3.63, 3.8) is 0 Å². The molecule has 14 heavy (non-hydrogen) atoms. The first-order valence-corrected chi connectivity index (χ1v) is 5.01. The van der Waals surface area contributed by atoms with Gasteiger partial charge in [-0.25, -0.2) is 0 Å². The van der Waals surface area contributed by atoms with Crippen molar-refractivity contribution >= 4 is 0 Å². The van der Waals surface area contributed by atoms with Crippen LogP contribution in [0.15, 0.2) is 47.8 Å². The second kappa shape index (κ2) is 7.19. The van der Waals surface area contributed by atoms with Crippen molar-refractivity contribution in [3.8, 4) is 0 Å². The van der Waals surface area contributed by atoms with Crippen molar-refractivity contribution in [3.05, 3.63) is 47.8 Å². The standard InChI is InChI=1S/C13H20O/c1-5-7-9-11(3)12(4)13(14)10-8-6-2/h6,8-10,14H,4-5,7H2,1-3H3/b8-6-,11-9+,13-10+. The summed E-state index contributed by atoms with van der Waals surface area (Å²) in [5.74, 6) is 0.243. The number of hydrogen-bond donors (Lipinski definition) is 1. The lowest BCUT2D eigenvalue weighted by atomic mass is 10.1. The van der Waals surface area contributed by atoms with Gasteiger partial charge in [0, 0.05) is 5.57 Å². The van der Waals surface area contributed by atoms with E-state index in [9.17, 15) is 5.11 Å². The van der Waals surface area contributed by atoms with Gasteiger partial charge in [-0.15, -0.1) is 0 Å². The zero-order chi connectivity index (χ0) is 11.0. The molecule has 0 aliphatic rings. The van der Waals surface area contributed by atoms with Crippen molar-refractivity contribution in [2.24, 2.45) is 0 Å². The summed E-state index contributed by atoms with van der Waals surface area (Å²) in [6, 6.07) is 0. The van der Waals surface area contributed by atoms with Gasteiger partial charge in [0.05, 0.1) is 0 Å². The summed E-state index contributed by atoms with van der Waals surface area (Å²) in [6.07, 6.45) is 9.57. The smallest absolute Gasteiger partial charge is 0.122 e. The SMILES string of the molecule is C=C(/C(C)=C/CCC)/C(O)=C\C=C/C. The van der Waals surface area contributed by atoms with Crippen LogP contribution >= 0.6 is 0 Å². The Balaban J connectivity index is 4.46. The summed E-state index contributed by atoms with van der Waals surface area (Å²) < 4.78 is 0. The summed E-state index contributed by atoms with van der Waals surface area (Å²) in [4.78, 5) is 0. The normalized spacial score (nSPS) is 13.6. The molecule has 0 fully saturated rings. The van der Waals surface area contributed by atoms with Crippen LogP contribution in [-0.4, -0.2) is 5.11 Å². The van der Waals surface area contributed by atoms with Gasteiger partial charge in [0.15, 0.2) is 0 Å². The molecule has 0 aromatic heterocycles. The summed E-state index contributed by atoms with van der Waals surface area (Å²) >= 11 is 0. The Morgan fingerprint density at radius 2 is 2.07 bits per heavy atom. The van der Waals surface area contributed by atoms with E-state index in [1.54, 1.807) is 12.2 Å². The number of hydrogen-bond acceptors (Lipinski definition) is 1. The van der Waals surface area contributed by atoms with E-state index in [0.29, 0.717) is 5.57 Å². The van der Waals surface area contributed by atoms with Crippen LogP contribution in [0.5, 0.6) is 0 Å². The van der Waals surface area contributed by atoms with Crippen LogP contribution in [-0.2, 0) is 0 Å². The lowest BCUT2D eigenvalue weighted by molar-refractivity contribution is 0.425. The molecule has 0 spiro atoms. The summed E-state index contributed by atoms with van der Waals surface area (Å²) in [5, 5.41) is 9.59. The van der Waals surface area contributed by atoms with Gasteiger partial charge in [-0.3, -0.25) is 0 Å². The highest BCUT2D eigenvalue weighted by Crippen LogP contribution is 2.15. The van der Waals surface area contributed by atoms with Crippen LogP contribution in [0.4, 0.5) is 0 Å². The first-order valence-electron chi connectivity index (χ1n) is 5.01. The number of aliphatic hydroxyl groups excluding tert-OH is 1. The first-order chi connectivity index (χ1) is 6.63. The van der Waals surface area contributed by atoms with Crippen molar-refractivity contribution < 1.29 is 5.11 Å². The highest BCUT2D eigenvalue weighted by Gasteiger charge is 2.00. The number of allylic oxidation sites excluding steroid dienone is 5. The molecule has 0 bridgehead atoms. The fourth-order valence-electron chi connectivity index (χ4n) is 0.974. The van der Waals surface area contributed by atoms with Gasteiger partial charge < -0.3 is 5.11 Å². The van der Waals surface area contributed by atoms with E-state index in [4.69, 9.17) is 0 Å². The Morgan fingerprint density at radius 1 is 1.43 bits per heavy atom. The highest BCUT2D eigenvalue weighted by molar-refractivity contribution is 5.40. The van der Waals surface area contributed by atoms with E-state index in [-0.39, 0.29) is 5.76 Å². The molecular formula is C13H20O. The van der Waals surface area contributed by atoms with Crippen LogP contribution < -0.4 is 0 Å². The molecular weight excluding hydrogens is 172 g/mol. The summed E-state index contributed by atoms with van der Waals surface area (Å²) in [5.41, 5.74) is 1.75. The van der Waals surface area contributed by atoms with E-state index in [1.807, 2.05) is 19.9 Å². The minimum atomic E-state index is 0.243. The molecule has 0 atom stereocenters. The van der Waals surface area contributed by atoms with E-state index >= 15 is 0 Å². The van der Waals surface area contributed by atoms with Crippen LogP contribution in [0, 0.1) is 0 Å². The van der Waals surface area contributed by atoms with Crippen LogP contribution in [0.25, 0.3) is 0 Å². The Labute approximate surface area is 87.2 Å². The zero-order valence-corrected chi connectivity index (χ0v) is 9.38. The highest BCUT2D eigenvalue weighted by atomic mass is 16.3. The molecule has 0 unspecified atom stereocenters. The fraction of sp³-hybridized carbons (Fsp3) is 0.385. The van der Waals surface area contributed by atoms with Crippen LogP contribution in [0.1, 0.15) is 33.6 Å². The molecule has 1 heteroatoms. The monoisotopic (exact) mass is 192 g/mol. The van der Waals surface area contributed by atoms with Crippen molar-refractivity contribution in [2.45, 2.75) is 33.6 Å². The van der Waals surface area contributed by atoms with E-state index in [0.717, 1.165) is 18.4 Å².